The summed E-state index contributed by atoms with van der Waals surface area (Å²) in [4.78, 5) is 0. The minimum absolute atomic E-state index is 0.764. The second kappa shape index (κ2) is 17.5. The molecule has 0 aromatic carbocycles. The molecule has 0 aromatic rings. The van der Waals surface area contributed by atoms with Gasteiger partial charge in [-0.05, 0) is 26.7 Å². The van der Waals surface area contributed by atoms with Gasteiger partial charge >= 0.3 is 0 Å². The molecule has 0 aliphatic rings. The number of allylic oxidation sites excluding steroid dienone is 3. The molecule has 0 bridgehead atoms. The number of hydrogen-bond acceptors (Lipinski definition) is 0. The maximum Gasteiger partial charge on any atom is -0.0262 e. The van der Waals surface area contributed by atoms with Gasteiger partial charge in [0.15, 0.2) is 0 Å². The van der Waals surface area contributed by atoms with Crippen LogP contribution in [-0.4, -0.2) is 0 Å². The fourth-order valence-corrected chi connectivity index (χ4v) is 0.687. The summed E-state index contributed by atoms with van der Waals surface area (Å²) in [7, 11) is 0. The van der Waals surface area contributed by atoms with E-state index in [2.05, 4.69) is 40.3 Å². The van der Waals surface area contributed by atoms with Crippen LogP contribution in [0, 0.1) is 5.92 Å². The van der Waals surface area contributed by atoms with Crippen LogP contribution in [0.2, 0.25) is 0 Å². The lowest BCUT2D eigenvalue weighted by Crippen LogP contribution is -1.84. The average Bonchev–Trinajstić information content (AvgIpc) is 2.08. The number of hydrogen-bond donors (Lipinski definition) is 0. The van der Waals surface area contributed by atoms with E-state index in [1.807, 2.05) is 20.8 Å². The molecule has 0 heterocycles. The van der Waals surface area contributed by atoms with Gasteiger partial charge < -0.3 is 0 Å². The molecular weight excluding hydrogens is 156 g/mol. The molecule has 13 heavy (non-hydrogen) atoms. The van der Waals surface area contributed by atoms with Crippen molar-refractivity contribution in [3.05, 3.63) is 24.3 Å². The quantitative estimate of drug-likeness (QED) is 0.516. The largest absolute Gasteiger partial charge is 0.103 e. The zero-order valence-electron chi connectivity index (χ0n) is 10.6. The maximum absolute atomic E-state index is 3.36. The van der Waals surface area contributed by atoms with Crippen LogP contribution in [0.3, 0.4) is 0 Å². The average molecular weight is 184 g/mol. The Hall–Kier alpha value is -0.520. The Morgan fingerprint density at radius 1 is 1.31 bits per heavy atom. The monoisotopic (exact) mass is 184 g/mol. The predicted molar refractivity (Wildman–Crippen MR) is 66.1 cm³/mol. The van der Waals surface area contributed by atoms with Gasteiger partial charge in [0, 0.05) is 0 Å². The van der Waals surface area contributed by atoms with Crippen LogP contribution in [0.4, 0.5) is 0 Å². The lowest BCUT2D eigenvalue weighted by Gasteiger charge is -1.99. The zero-order valence-corrected chi connectivity index (χ0v) is 10.6. The first-order valence-electron chi connectivity index (χ1n) is 5.30. The molecule has 0 aromatic heterocycles. The standard InChI is InChI=1S/C8H16.C3H6.C2H6/c1-5-8(4)6-7(2)3;1-3-2;1-2/h6,8H,5H2,1-4H3;3H,1H2,2H3;1-2H3. The molecule has 0 saturated heterocycles. The van der Waals surface area contributed by atoms with Crippen molar-refractivity contribution in [2.75, 3.05) is 0 Å². The number of rotatable bonds is 2. The fourth-order valence-electron chi connectivity index (χ4n) is 0.687. The Morgan fingerprint density at radius 2 is 1.62 bits per heavy atom. The van der Waals surface area contributed by atoms with E-state index in [4.69, 9.17) is 0 Å². The molecule has 0 fully saturated rings. The summed E-state index contributed by atoms with van der Waals surface area (Å²) in [6, 6.07) is 0. The van der Waals surface area contributed by atoms with Gasteiger partial charge in [0.05, 0.1) is 0 Å². The third-order valence-corrected chi connectivity index (χ3v) is 1.26. The lowest BCUT2D eigenvalue weighted by molar-refractivity contribution is 0.693. The highest BCUT2D eigenvalue weighted by molar-refractivity contribution is 4.95. The van der Waals surface area contributed by atoms with Gasteiger partial charge in [0.1, 0.15) is 0 Å². The van der Waals surface area contributed by atoms with E-state index in [0.29, 0.717) is 0 Å². The van der Waals surface area contributed by atoms with E-state index in [9.17, 15) is 0 Å². The topological polar surface area (TPSA) is 0 Å². The molecule has 0 aliphatic carbocycles. The van der Waals surface area contributed by atoms with Crippen LogP contribution in [0.25, 0.3) is 0 Å². The second-order valence-corrected chi connectivity index (χ2v) is 3.04. The SMILES string of the molecule is C=CC.CC.CCC(C)C=C(C)C. The first kappa shape index (κ1) is 18.3. The van der Waals surface area contributed by atoms with E-state index in [-0.39, 0.29) is 0 Å². The highest BCUT2D eigenvalue weighted by Gasteiger charge is 1.89. The molecule has 0 amide bonds. The molecule has 0 spiro atoms. The first-order valence-corrected chi connectivity index (χ1v) is 5.30. The van der Waals surface area contributed by atoms with Gasteiger partial charge in [-0.1, -0.05) is 51.8 Å². The van der Waals surface area contributed by atoms with Crippen LogP contribution in [0.1, 0.15) is 54.9 Å². The van der Waals surface area contributed by atoms with E-state index < -0.39 is 0 Å². The molecule has 0 saturated carbocycles. The molecule has 80 valence electrons. The van der Waals surface area contributed by atoms with Crippen molar-refractivity contribution >= 4 is 0 Å². The van der Waals surface area contributed by atoms with Gasteiger partial charge in [-0.15, -0.1) is 6.58 Å². The van der Waals surface area contributed by atoms with E-state index in [0.717, 1.165) is 5.92 Å². The summed E-state index contributed by atoms with van der Waals surface area (Å²) in [6.07, 6.45) is 5.31. The van der Waals surface area contributed by atoms with Crippen LogP contribution >= 0.6 is 0 Å². The van der Waals surface area contributed by atoms with Crippen molar-refractivity contribution in [1.82, 2.24) is 0 Å². The van der Waals surface area contributed by atoms with Gasteiger partial charge in [-0.2, -0.15) is 0 Å². The van der Waals surface area contributed by atoms with Crippen LogP contribution in [0.5, 0.6) is 0 Å². The van der Waals surface area contributed by atoms with Crippen molar-refractivity contribution in [1.29, 1.82) is 0 Å². The minimum Gasteiger partial charge on any atom is -0.103 e. The summed E-state index contributed by atoms with van der Waals surface area (Å²) >= 11 is 0. The van der Waals surface area contributed by atoms with Crippen molar-refractivity contribution in [2.24, 2.45) is 5.92 Å². The molecule has 0 heteroatoms. The Balaban J connectivity index is -0.000000169. The summed E-state index contributed by atoms with van der Waals surface area (Å²) < 4.78 is 0. The third-order valence-electron chi connectivity index (χ3n) is 1.26. The summed E-state index contributed by atoms with van der Waals surface area (Å²) in [5, 5.41) is 0. The smallest absolute Gasteiger partial charge is 0.0262 e. The first-order chi connectivity index (χ1) is 6.08. The molecule has 0 nitrogen and oxygen atoms in total. The molecule has 0 radical (unpaired) electrons. The van der Waals surface area contributed by atoms with E-state index in [1.54, 1.807) is 6.08 Å². The van der Waals surface area contributed by atoms with Crippen molar-refractivity contribution < 1.29 is 0 Å². The Labute approximate surface area is 85.8 Å². The van der Waals surface area contributed by atoms with Crippen LogP contribution in [0.15, 0.2) is 24.3 Å². The van der Waals surface area contributed by atoms with Crippen molar-refractivity contribution in [3.63, 3.8) is 0 Å². The van der Waals surface area contributed by atoms with Crippen LogP contribution in [-0.2, 0) is 0 Å². The maximum atomic E-state index is 3.36. The van der Waals surface area contributed by atoms with E-state index >= 15 is 0 Å². The normalized spacial score (nSPS) is 9.46. The fraction of sp³-hybridized carbons (Fsp3) is 0.692. The minimum atomic E-state index is 0.764. The van der Waals surface area contributed by atoms with Gasteiger partial charge in [-0.25, -0.2) is 0 Å². The Bertz CT molecular complexity index is 105. The highest BCUT2D eigenvalue weighted by atomic mass is 14.0. The van der Waals surface area contributed by atoms with E-state index in [1.165, 1.54) is 12.0 Å². The Morgan fingerprint density at radius 3 is 1.69 bits per heavy atom. The molecule has 1 atom stereocenters. The second-order valence-electron chi connectivity index (χ2n) is 3.04. The third kappa shape index (κ3) is 34.4. The molecule has 0 aliphatic heterocycles. The van der Waals surface area contributed by atoms with Crippen molar-refractivity contribution in [2.45, 2.75) is 54.9 Å². The summed E-state index contributed by atoms with van der Waals surface area (Å²) in [5.74, 6) is 0.764. The van der Waals surface area contributed by atoms with Gasteiger partial charge in [-0.3, -0.25) is 0 Å². The summed E-state index contributed by atoms with van der Waals surface area (Å²) in [6.45, 7) is 18.0. The lowest BCUT2D eigenvalue weighted by atomic mass is 10.1. The van der Waals surface area contributed by atoms with Crippen molar-refractivity contribution in [3.8, 4) is 0 Å². The molecule has 0 rings (SSSR count). The van der Waals surface area contributed by atoms with Gasteiger partial charge in [0.25, 0.3) is 0 Å². The Kier molecular flexibility index (Phi) is 24.7. The molecular formula is C13H28. The van der Waals surface area contributed by atoms with Crippen LogP contribution < -0.4 is 0 Å². The highest BCUT2D eigenvalue weighted by Crippen LogP contribution is 2.04. The zero-order chi connectivity index (χ0) is 11.3. The summed E-state index contributed by atoms with van der Waals surface area (Å²) in [5.41, 5.74) is 1.43. The molecule has 0 N–H and O–H groups in total. The molecule has 1 unspecified atom stereocenters. The van der Waals surface area contributed by atoms with Gasteiger partial charge in [0.2, 0.25) is 0 Å². The predicted octanol–water partition coefficient (Wildman–Crippen LogP) is 5.22.